The van der Waals surface area contributed by atoms with Gasteiger partial charge in [-0.2, -0.15) is 0 Å². The number of hydrogen-bond donors (Lipinski definition) is 0. The van der Waals surface area contributed by atoms with Crippen molar-refractivity contribution in [3.63, 3.8) is 0 Å². The fourth-order valence-corrected chi connectivity index (χ4v) is 4.50. The van der Waals surface area contributed by atoms with E-state index < -0.39 is 14.8 Å². The molecule has 0 saturated carbocycles. The number of anilines is 1. The molecule has 1 aromatic rings. The molecule has 1 aliphatic carbocycles. The quantitative estimate of drug-likeness (QED) is 0.640. The van der Waals surface area contributed by atoms with Gasteiger partial charge in [-0.1, -0.05) is 12.2 Å². The molecule has 84 valence electrons. The van der Waals surface area contributed by atoms with Crippen LogP contribution in [0.4, 0.5) is 5.69 Å². The summed E-state index contributed by atoms with van der Waals surface area (Å²) in [6.45, 7) is 0. The Kier molecular flexibility index (Phi) is 1.75. The van der Waals surface area contributed by atoms with Crippen LogP contribution in [0.15, 0.2) is 30.5 Å². The minimum Gasteiger partial charge on any atom is -0.271 e. The highest BCUT2D eigenvalue weighted by atomic mass is 32.2. The monoisotopic (exact) mass is 236 g/mol. The van der Waals surface area contributed by atoms with Crippen molar-refractivity contribution >= 4 is 15.7 Å². The summed E-state index contributed by atoms with van der Waals surface area (Å²) in [5, 5.41) is 0. The first-order valence-electron chi connectivity index (χ1n) is 5.18. The highest BCUT2D eigenvalue weighted by Crippen LogP contribution is 2.51. The number of hydrogen-bond acceptors (Lipinski definition) is 3. The van der Waals surface area contributed by atoms with Crippen LogP contribution >= 0.6 is 0 Å². The zero-order valence-electron chi connectivity index (χ0n) is 8.92. The largest absolute Gasteiger partial charge is 0.271 e. The first kappa shape index (κ1) is 9.84. The van der Waals surface area contributed by atoms with Gasteiger partial charge in [0.2, 0.25) is 10.0 Å². The third-order valence-electron chi connectivity index (χ3n) is 3.47. The zero-order valence-corrected chi connectivity index (χ0v) is 9.74. The van der Waals surface area contributed by atoms with Gasteiger partial charge in [0.15, 0.2) is 0 Å². The standard InChI is InChI=1S/C11H12N2O2S/c1-13-9-5-4-8-12-10(9)11(16(13,14)15)6-2-3-7-11/h2-5,8H,6-7H2,1H3. The van der Waals surface area contributed by atoms with Crippen LogP contribution in [0.5, 0.6) is 0 Å². The molecule has 1 spiro atoms. The van der Waals surface area contributed by atoms with Gasteiger partial charge in [0.25, 0.3) is 0 Å². The maximum atomic E-state index is 12.4. The molecule has 0 fully saturated rings. The van der Waals surface area contributed by atoms with E-state index in [2.05, 4.69) is 4.98 Å². The maximum absolute atomic E-state index is 12.4. The van der Waals surface area contributed by atoms with Gasteiger partial charge in [-0.15, -0.1) is 0 Å². The summed E-state index contributed by atoms with van der Waals surface area (Å²) in [7, 11) is -1.72. The molecule has 3 rings (SSSR count). The maximum Gasteiger partial charge on any atom is 0.247 e. The summed E-state index contributed by atoms with van der Waals surface area (Å²) in [5.41, 5.74) is 1.41. The molecular weight excluding hydrogens is 224 g/mol. The minimum absolute atomic E-state index is 0.531. The second kappa shape index (κ2) is 2.85. The van der Waals surface area contributed by atoms with Crippen molar-refractivity contribution in [2.75, 3.05) is 11.4 Å². The predicted octanol–water partition coefficient (Wildman–Crippen LogP) is 1.41. The van der Waals surface area contributed by atoms with E-state index in [1.165, 1.54) is 4.31 Å². The Labute approximate surface area is 94.7 Å². The van der Waals surface area contributed by atoms with E-state index in [1.807, 2.05) is 18.2 Å². The van der Waals surface area contributed by atoms with E-state index in [0.717, 1.165) is 0 Å². The number of allylic oxidation sites excluding steroid dienone is 2. The first-order valence-corrected chi connectivity index (χ1v) is 6.62. The molecule has 0 N–H and O–H groups in total. The average Bonchev–Trinajstić information content (AvgIpc) is 2.83. The van der Waals surface area contributed by atoms with Crippen molar-refractivity contribution in [1.82, 2.24) is 4.98 Å². The number of pyridine rings is 1. The highest BCUT2D eigenvalue weighted by molar-refractivity contribution is 7.94. The van der Waals surface area contributed by atoms with E-state index in [0.29, 0.717) is 24.2 Å². The van der Waals surface area contributed by atoms with Gasteiger partial charge in [0.1, 0.15) is 4.75 Å². The third-order valence-corrected chi connectivity index (χ3v) is 5.91. The Balaban J connectivity index is 2.33. The van der Waals surface area contributed by atoms with Crippen molar-refractivity contribution in [2.45, 2.75) is 17.6 Å². The van der Waals surface area contributed by atoms with Crippen molar-refractivity contribution in [1.29, 1.82) is 0 Å². The van der Waals surface area contributed by atoms with E-state index in [1.54, 1.807) is 19.3 Å². The molecule has 1 aliphatic heterocycles. The smallest absolute Gasteiger partial charge is 0.247 e. The number of aromatic nitrogens is 1. The van der Waals surface area contributed by atoms with Crippen LogP contribution in [0, 0.1) is 0 Å². The lowest BCUT2D eigenvalue weighted by atomic mass is 10.00. The molecule has 4 nitrogen and oxygen atoms in total. The summed E-state index contributed by atoms with van der Waals surface area (Å²) in [6.07, 6.45) is 6.57. The Bertz CT molecular complexity index is 569. The normalized spacial score (nSPS) is 23.9. The molecule has 5 heteroatoms. The van der Waals surface area contributed by atoms with Crippen molar-refractivity contribution < 1.29 is 8.42 Å². The molecule has 0 bridgehead atoms. The fraction of sp³-hybridized carbons (Fsp3) is 0.364. The van der Waals surface area contributed by atoms with E-state index in [4.69, 9.17) is 0 Å². The molecule has 0 atom stereocenters. The Morgan fingerprint density at radius 1 is 1.38 bits per heavy atom. The lowest BCUT2D eigenvalue weighted by Crippen LogP contribution is -2.36. The summed E-state index contributed by atoms with van der Waals surface area (Å²) in [6, 6.07) is 3.58. The minimum atomic E-state index is -3.32. The molecule has 0 saturated heterocycles. The molecule has 1 aromatic heterocycles. The molecular formula is C11H12N2O2S. The lowest BCUT2D eigenvalue weighted by molar-refractivity contribution is 0.536. The van der Waals surface area contributed by atoms with Gasteiger partial charge in [-0.25, -0.2) is 8.42 Å². The zero-order chi connectivity index (χ0) is 11.4. The van der Waals surface area contributed by atoms with Gasteiger partial charge in [0, 0.05) is 13.2 Å². The fourth-order valence-electron chi connectivity index (χ4n) is 2.55. The molecule has 2 aliphatic rings. The SMILES string of the molecule is CN1c2cccnc2C2(CC=CC2)S1(=O)=O. The topological polar surface area (TPSA) is 50.3 Å². The molecule has 0 amide bonds. The molecule has 2 heterocycles. The highest BCUT2D eigenvalue weighted by Gasteiger charge is 2.56. The number of fused-ring (bicyclic) bond motifs is 2. The number of rotatable bonds is 0. The summed E-state index contributed by atoms with van der Waals surface area (Å²) >= 11 is 0. The molecule has 16 heavy (non-hydrogen) atoms. The lowest BCUT2D eigenvalue weighted by Gasteiger charge is -2.22. The summed E-state index contributed by atoms with van der Waals surface area (Å²) in [5.74, 6) is 0. The van der Waals surface area contributed by atoms with Crippen molar-refractivity contribution in [3.05, 3.63) is 36.2 Å². The molecule has 0 radical (unpaired) electrons. The second-order valence-electron chi connectivity index (χ2n) is 4.22. The Morgan fingerprint density at radius 2 is 2.06 bits per heavy atom. The van der Waals surface area contributed by atoms with Crippen LogP contribution in [0.1, 0.15) is 18.5 Å². The number of nitrogens with zero attached hydrogens (tertiary/aromatic N) is 2. The van der Waals surface area contributed by atoms with Crippen LogP contribution < -0.4 is 4.31 Å². The van der Waals surface area contributed by atoms with Gasteiger partial charge in [-0.05, 0) is 25.0 Å². The second-order valence-corrected chi connectivity index (χ2v) is 6.50. The average molecular weight is 236 g/mol. The summed E-state index contributed by atoms with van der Waals surface area (Å²) in [4.78, 5) is 4.28. The Hall–Kier alpha value is -1.36. The summed E-state index contributed by atoms with van der Waals surface area (Å²) < 4.78 is 25.4. The van der Waals surface area contributed by atoms with Crippen LogP contribution in [-0.2, 0) is 14.8 Å². The van der Waals surface area contributed by atoms with Gasteiger partial charge >= 0.3 is 0 Å². The van der Waals surface area contributed by atoms with E-state index in [-0.39, 0.29) is 0 Å². The van der Waals surface area contributed by atoms with E-state index in [9.17, 15) is 8.42 Å². The van der Waals surface area contributed by atoms with Crippen LogP contribution in [0.25, 0.3) is 0 Å². The first-order chi connectivity index (χ1) is 7.59. The van der Waals surface area contributed by atoms with Crippen molar-refractivity contribution in [3.8, 4) is 0 Å². The van der Waals surface area contributed by atoms with Gasteiger partial charge in [0.05, 0.1) is 11.4 Å². The molecule has 0 unspecified atom stereocenters. The van der Waals surface area contributed by atoms with Crippen LogP contribution in [0.3, 0.4) is 0 Å². The number of sulfonamides is 1. The predicted molar refractivity (Wildman–Crippen MR) is 61.6 cm³/mol. The van der Waals surface area contributed by atoms with Gasteiger partial charge in [-0.3, -0.25) is 9.29 Å². The molecule has 0 aromatic carbocycles. The third kappa shape index (κ3) is 0.899. The Morgan fingerprint density at radius 3 is 2.75 bits per heavy atom. The van der Waals surface area contributed by atoms with Gasteiger partial charge < -0.3 is 0 Å². The van der Waals surface area contributed by atoms with Crippen LogP contribution in [-0.4, -0.2) is 20.4 Å². The van der Waals surface area contributed by atoms with E-state index >= 15 is 0 Å². The van der Waals surface area contributed by atoms with Crippen LogP contribution in [0.2, 0.25) is 0 Å². The van der Waals surface area contributed by atoms with Crippen molar-refractivity contribution in [2.24, 2.45) is 0 Å².